The van der Waals surface area contributed by atoms with E-state index in [4.69, 9.17) is 5.11 Å². The summed E-state index contributed by atoms with van der Waals surface area (Å²) in [5.41, 5.74) is 0. The van der Waals surface area contributed by atoms with Gasteiger partial charge in [0.2, 0.25) is 11.8 Å². The van der Waals surface area contributed by atoms with Crippen LogP contribution in [-0.4, -0.2) is 46.9 Å². The van der Waals surface area contributed by atoms with Crippen molar-refractivity contribution < 1.29 is 19.5 Å². The van der Waals surface area contributed by atoms with Gasteiger partial charge in [-0.05, 0) is 32.1 Å². The Morgan fingerprint density at radius 3 is 2.75 bits per heavy atom. The van der Waals surface area contributed by atoms with Crippen LogP contribution in [0.5, 0.6) is 0 Å². The molecule has 6 nitrogen and oxygen atoms in total. The Morgan fingerprint density at radius 1 is 1.30 bits per heavy atom. The number of rotatable bonds is 4. The summed E-state index contributed by atoms with van der Waals surface area (Å²) in [6, 6.07) is 0.0463. The summed E-state index contributed by atoms with van der Waals surface area (Å²) in [4.78, 5) is 36.3. The molecule has 0 saturated carbocycles. The van der Waals surface area contributed by atoms with Gasteiger partial charge in [0.25, 0.3) is 0 Å². The molecule has 2 saturated heterocycles. The number of carbonyl (C=O) groups is 3. The molecule has 2 atom stereocenters. The normalized spacial score (nSPS) is 27.0. The van der Waals surface area contributed by atoms with Crippen molar-refractivity contribution in [1.29, 1.82) is 0 Å². The first-order chi connectivity index (χ1) is 9.58. The first-order valence-electron chi connectivity index (χ1n) is 7.37. The fourth-order valence-corrected chi connectivity index (χ4v) is 3.06. The number of piperidine rings is 2. The fourth-order valence-electron chi connectivity index (χ4n) is 3.06. The molecule has 0 spiro atoms. The molecule has 2 unspecified atom stereocenters. The van der Waals surface area contributed by atoms with Crippen molar-refractivity contribution in [3.63, 3.8) is 0 Å². The van der Waals surface area contributed by atoms with Gasteiger partial charge in [-0.2, -0.15) is 0 Å². The van der Waals surface area contributed by atoms with E-state index in [0.717, 1.165) is 19.3 Å². The maximum atomic E-state index is 12.5. The van der Waals surface area contributed by atoms with Crippen molar-refractivity contribution >= 4 is 17.8 Å². The molecule has 2 heterocycles. The van der Waals surface area contributed by atoms with E-state index in [0.29, 0.717) is 32.4 Å². The summed E-state index contributed by atoms with van der Waals surface area (Å²) in [6.07, 6.45) is 4.56. The number of aliphatic carboxylic acids is 1. The molecule has 0 radical (unpaired) electrons. The van der Waals surface area contributed by atoms with E-state index in [1.807, 2.05) is 4.90 Å². The van der Waals surface area contributed by atoms with Crippen LogP contribution in [0.15, 0.2) is 0 Å². The van der Waals surface area contributed by atoms with Crippen LogP contribution < -0.4 is 5.32 Å². The van der Waals surface area contributed by atoms with E-state index in [-0.39, 0.29) is 30.2 Å². The summed E-state index contributed by atoms with van der Waals surface area (Å²) < 4.78 is 0. The van der Waals surface area contributed by atoms with Gasteiger partial charge < -0.3 is 15.3 Å². The number of likely N-dealkylation sites (tertiary alicyclic amines) is 1. The summed E-state index contributed by atoms with van der Waals surface area (Å²) in [5, 5.41) is 11.5. The predicted octanol–water partition coefficient (Wildman–Crippen LogP) is 0.758. The first kappa shape index (κ1) is 14.8. The van der Waals surface area contributed by atoms with Crippen molar-refractivity contribution in [2.75, 3.05) is 13.1 Å². The minimum absolute atomic E-state index is 0.00937. The monoisotopic (exact) mass is 282 g/mol. The molecule has 112 valence electrons. The molecule has 0 aromatic heterocycles. The molecule has 20 heavy (non-hydrogen) atoms. The molecular weight excluding hydrogens is 260 g/mol. The van der Waals surface area contributed by atoms with Gasteiger partial charge >= 0.3 is 5.97 Å². The summed E-state index contributed by atoms with van der Waals surface area (Å²) in [7, 11) is 0. The number of nitrogens with zero attached hydrogens (tertiary/aromatic N) is 1. The maximum absolute atomic E-state index is 12.5. The zero-order chi connectivity index (χ0) is 14.5. The van der Waals surface area contributed by atoms with Crippen molar-refractivity contribution in [2.45, 2.75) is 51.0 Å². The Balaban J connectivity index is 1.94. The number of amides is 2. The van der Waals surface area contributed by atoms with E-state index < -0.39 is 5.97 Å². The standard InChI is InChI=1S/C14H22N2O4/c17-12-6-4-10(9-15-12)14(20)16-8-2-1-3-11(16)5-7-13(18)19/h10-11H,1-9H2,(H,15,17)(H,18,19). The molecule has 2 N–H and O–H groups in total. The minimum Gasteiger partial charge on any atom is -0.481 e. The lowest BCUT2D eigenvalue weighted by molar-refractivity contribution is -0.143. The Labute approximate surface area is 118 Å². The van der Waals surface area contributed by atoms with Crippen molar-refractivity contribution in [3.8, 4) is 0 Å². The topological polar surface area (TPSA) is 86.7 Å². The van der Waals surface area contributed by atoms with E-state index in [2.05, 4.69) is 5.32 Å². The third-order valence-corrected chi connectivity index (χ3v) is 4.22. The van der Waals surface area contributed by atoms with Crippen molar-refractivity contribution in [1.82, 2.24) is 10.2 Å². The number of carboxylic acid groups (broad SMARTS) is 1. The highest BCUT2D eigenvalue weighted by Crippen LogP contribution is 2.24. The van der Waals surface area contributed by atoms with Crippen LogP contribution in [0.1, 0.15) is 44.9 Å². The second-order valence-electron chi connectivity index (χ2n) is 5.65. The summed E-state index contributed by atoms with van der Waals surface area (Å²) in [6.45, 7) is 1.13. The predicted molar refractivity (Wildman–Crippen MR) is 72.0 cm³/mol. The minimum atomic E-state index is -0.812. The van der Waals surface area contributed by atoms with E-state index in [1.165, 1.54) is 0 Å². The second kappa shape index (κ2) is 6.72. The van der Waals surface area contributed by atoms with Gasteiger partial charge in [-0.3, -0.25) is 14.4 Å². The largest absolute Gasteiger partial charge is 0.481 e. The molecule has 2 aliphatic rings. The zero-order valence-corrected chi connectivity index (χ0v) is 11.6. The number of hydrogen-bond acceptors (Lipinski definition) is 3. The van der Waals surface area contributed by atoms with E-state index in [1.54, 1.807) is 0 Å². The summed E-state index contributed by atoms with van der Waals surface area (Å²) in [5.74, 6) is -0.860. The number of hydrogen-bond donors (Lipinski definition) is 2. The molecule has 2 aliphatic heterocycles. The molecule has 6 heteroatoms. The van der Waals surface area contributed by atoms with Gasteiger partial charge in [-0.25, -0.2) is 0 Å². The lowest BCUT2D eigenvalue weighted by Gasteiger charge is -2.38. The van der Waals surface area contributed by atoms with Gasteiger partial charge in [-0.1, -0.05) is 0 Å². The van der Waals surface area contributed by atoms with Gasteiger partial charge in [0.1, 0.15) is 0 Å². The van der Waals surface area contributed by atoms with Crippen LogP contribution in [0.2, 0.25) is 0 Å². The third-order valence-electron chi connectivity index (χ3n) is 4.22. The van der Waals surface area contributed by atoms with Crippen molar-refractivity contribution in [2.24, 2.45) is 5.92 Å². The van der Waals surface area contributed by atoms with Crippen LogP contribution in [0.25, 0.3) is 0 Å². The second-order valence-corrected chi connectivity index (χ2v) is 5.65. The van der Waals surface area contributed by atoms with Crippen LogP contribution in [0.3, 0.4) is 0 Å². The van der Waals surface area contributed by atoms with Gasteiger partial charge in [-0.15, -0.1) is 0 Å². The van der Waals surface area contributed by atoms with Crippen molar-refractivity contribution in [3.05, 3.63) is 0 Å². The molecule has 2 amide bonds. The number of carboxylic acids is 1. The third kappa shape index (κ3) is 3.71. The molecule has 0 aromatic rings. The quantitative estimate of drug-likeness (QED) is 0.797. The highest BCUT2D eigenvalue weighted by Gasteiger charge is 2.33. The zero-order valence-electron chi connectivity index (χ0n) is 11.6. The van der Waals surface area contributed by atoms with Crippen LogP contribution in [0, 0.1) is 5.92 Å². The fraction of sp³-hybridized carbons (Fsp3) is 0.786. The Morgan fingerprint density at radius 2 is 2.10 bits per heavy atom. The van der Waals surface area contributed by atoms with E-state index >= 15 is 0 Å². The van der Waals surface area contributed by atoms with Crippen LogP contribution in [-0.2, 0) is 14.4 Å². The smallest absolute Gasteiger partial charge is 0.303 e. The Bertz CT molecular complexity index is 387. The highest BCUT2D eigenvalue weighted by molar-refractivity contribution is 5.84. The first-order valence-corrected chi connectivity index (χ1v) is 7.37. The molecule has 2 rings (SSSR count). The molecule has 0 aliphatic carbocycles. The average molecular weight is 282 g/mol. The average Bonchev–Trinajstić information content (AvgIpc) is 2.45. The van der Waals surface area contributed by atoms with E-state index in [9.17, 15) is 14.4 Å². The SMILES string of the molecule is O=C(O)CCC1CCCCN1C(=O)C1CCC(=O)NC1. The summed E-state index contributed by atoms with van der Waals surface area (Å²) >= 11 is 0. The van der Waals surface area contributed by atoms with Crippen LogP contribution in [0.4, 0.5) is 0 Å². The molecule has 2 fully saturated rings. The Hall–Kier alpha value is -1.59. The van der Waals surface area contributed by atoms with Gasteiger partial charge in [0.15, 0.2) is 0 Å². The Kier molecular flexibility index (Phi) is 4.98. The highest BCUT2D eigenvalue weighted by atomic mass is 16.4. The molecular formula is C14H22N2O4. The molecule has 0 bridgehead atoms. The number of nitrogens with one attached hydrogen (secondary N) is 1. The molecule has 0 aromatic carbocycles. The lowest BCUT2D eigenvalue weighted by atomic mass is 9.92. The van der Waals surface area contributed by atoms with Gasteiger partial charge in [0, 0.05) is 32.0 Å². The lowest BCUT2D eigenvalue weighted by Crippen LogP contribution is -2.50. The number of carbonyl (C=O) groups excluding carboxylic acids is 2. The maximum Gasteiger partial charge on any atom is 0.303 e. The van der Waals surface area contributed by atoms with Gasteiger partial charge in [0.05, 0.1) is 5.92 Å². The van der Waals surface area contributed by atoms with Crippen LogP contribution >= 0.6 is 0 Å².